The van der Waals surface area contributed by atoms with Gasteiger partial charge in [-0.15, -0.1) is 0 Å². The van der Waals surface area contributed by atoms with Gasteiger partial charge in [0.2, 0.25) is 0 Å². The molecule has 1 saturated heterocycles. The van der Waals surface area contributed by atoms with Crippen molar-refractivity contribution in [2.24, 2.45) is 0 Å². The van der Waals surface area contributed by atoms with Crippen molar-refractivity contribution in [1.29, 1.82) is 0 Å². The van der Waals surface area contributed by atoms with Crippen LogP contribution < -0.4 is 10.2 Å². The molecule has 0 bridgehead atoms. The van der Waals surface area contributed by atoms with Crippen molar-refractivity contribution >= 4 is 5.69 Å². The third-order valence-corrected chi connectivity index (χ3v) is 2.98. The normalized spacial score (nSPS) is 20.5. The third-order valence-electron chi connectivity index (χ3n) is 2.98. The Labute approximate surface area is 91.5 Å². The Morgan fingerprint density at radius 3 is 3.13 bits per heavy atom. The van der Waals surface area contributed by atoms with Gasteiger partial charge >= 0.3 is 0 Å². The standard InChI is InChI=1S/C12H19N3/c1-10-8-12(5-7-13-10)15(2)9-11-4-3-6-14-11/h5,7-8,11,14H,3-4,6,9H2,1-2H3. The van der Waals surface area contributed by atoms with Gasteiger partial charge in [0.05, 0.1) is 0 Å². The largest absolute Gasteiger partial charge is 0.373 e. The summed E-state index contributed by atoms with van der Waals surface area (Å²) >= 11 is 0. The summed E-state index contributed by atoms with van der Waals surface area (Å²) in [6.45, 7) is 4.29. The molecule has 3 nitrogen and oxygen atoms in total. The second-order valence-corrected chi connectivity index (χ2v) is 4.33. The summed E-state index contributed by atoms with van der Waals surface area (Å²) in [5.41, 5.74) is 2.34. The lowest BCUT2D eigenvalue weighted by atomic mass is 10.2. The number of hydrogen-bond acceptors (Lipinski definition) is 3. The number of pyridine rings is 1. The molecule has 1 unspecified atom stereocenters. The minimum Gasteiger partial charge on any atom is -0.373 e. The fourth-order valence-electron chi connectivity index (χ4n) is 2.12. The van der Waals surface area contributed by atoms with Crippen molar-refractivity contribution in [2.75, 3.05) is 25.0 Å². The number of aromatic nitrogens is 1. The Morgan fingerprint density at radius 1 is 1.60 bits per heavy atom. The molecule has 1 atom stereocenters. The van der Waals surface area contributed by atoms with Crippen LogP contribution in [0.4, 0.5) is 5.69 Å². The second-order valence-electron chi connectivity index (χ2n) is 4.33. The average Bonchev–Trinajstić information content (AvgIpc) is 2.70. The van der Waals surface area contributed by atoms with Crippen LogP contribution in [-0.4, -0.2) is 31.2 Å². The first-order valence-corrected chi connectivity index (χ1v) is 5.63. The summed E-state index contributed by atoms with van der Waals surface area (Å²) in [6, 6.07) is 4.86. The number of nitrogens with one attached hydrogen (secondary N) is 1. The molecule has 1 aliphatic heterocycles. The average molecular weight is 205 g/mol. The molecular formula is C12H19N3. The molecule has 1 fully saturated rings. The molecule has 3 heteroatoms. The Hall–Kier alpha value is -1.09. The van der Waals surface area contributed by atoms with E-state index in [0.29, 0.717) is 6.04 Å². The Kier molecular flexibility index (Phi) is 3.21. The highest BCUT2D eigenvalue weighted by Gasteiger charge is 2.15. The Balaban J connectivity index is 1.97. The monoisotopic (exact) mass is 205 g/mol. The van der Waals surface area contributed by atoms with Gasteiger partial charge in [-0.3, -0.25) is 4.98 Å². The maximum atomic E-state index is 4.21. The predicted molar refractivity (Wildman–Crippen MR) is 63.3 cm³/mol. The van der Waals surface area contributed by atoms with E-state index in [0.717, 1.165) is 12.2 Å². The highest BCUT2D eigenvalue weighted by Crippen LogP contribution is 2.14. The van der Waals surface area contributed by atoms with Crippen LogP contribution in [0.3, 0.4) is 0 Å². The molecule has 0 radical (unpaired) electrons. The van der Waals surface area contributed by atoms with Gasteiger partial charge in [0.15, 0.2) is 0 Å². The molecule has 1 aromatic heterocycles. The first-order valence-electron chi connectivity index (χ1n) is 5.63. The number of nitrogens with zero attached hydrogens (tertiary/aromatic N) is 2. The molecule has 82 valence electrons. The predicted octanol–water partition coefficient (Wildman–Crippen LogP) is 1.58. The molecular weight excluding hydrogens is 186 g/mol. The zero-order valence-electron chi connectivity index (χ0n) is 9.53. The molecule has 0 spiro atoms. The Bertz CT molecular complexity index is 318. The number of hydrogen-bond donors (Lipinski definition) is 1. The quantitative estimate of drug-likeness (QED) is 0.812. The minimum atomic E-state index is 0.656. The van der Waals surface area contributed by atoms with E-state index in [1.54, 1.807) is 0 Å². The van der Waals surface area contributed by atoms with E-state index in [4.69, 9.17) is 0 Å². The summed E-state index contributed by atoms with van der Waals surface area (Å²) < 4.78 is 0. The number of rotatable bonds is 3. The van der Waals surface area contributed by atoms with Gasteiger partial charge in [0.25, 0.3) is 0 Å². The third kappa shape index (κ3) is 2.69. The van der Waals surface area contributed by atoms with Crippen LogP contribution in [-0.2, 0) is 0 Å². The van der Waals surface area contributed by atoms with Crippen LogP contribution in [0.5, 0.6) is 0 Å². The molecule has 0 saturated carbocycles. The van der Waals surface area contributed by atoms with Gasteiger partial charge in [-0.05, 0) is 38.4 Å². The van der Waals surface area contributed by atoms with E-state index >= 15 is 0 Å². The highest BCUT2D eigenvalue weighted by atomic mass is 15.1. The van der Waals surface area contributed by atoms with Gasteiger partial charge < -0.3 is 10.2 Å². The van der Waals surface area contributed by atoms with E-state index in [9.17, 15) is 0 Å². The van der Waals surface area contributed by atoms with Crippen molar-refractivity contribution in [1.82, 2.24) is 10.3 Å². The lowest BCUT2D eigenvalue weighted by Gasteiger charge is -2.23. The molecule has 1 N–H and O–H groups in total. The molecule has 0 aromatic carbocycles. The SMILES string of the molecule is Cc1cc(N(C)CC2CCCN2)ccn1. The zero-order chi connectivity index (χ0) is 10.7. The van der Waals surface area contributed by atoms with Crippen LogP contribution in [0.25, 0.3) is 0 Å². The molecule has 2 rings (SSSR count). The number of anilines is 1. The van der Waals surface area contributed by atoms with Crippen LogP contribution in [0.2, 0.25) is 0 Å². The summed E-state index contributed by atoms with van der Waals surface area (Å²) in [6.07, 6.45) is 4.49. The lowest BCUT2D eigenvalue weighted by Crippen LogP contribution is -2.35. The van der Waals surface area contributed by atoms with Gasteiger partial charge in [-0.25, -0.2) is 0 Å². The van der Waals surface area contributed by atoms with Crippen LogP contribution in [0, 0.1) is 6.92 Å². The molecule has 2 heterocycles. The molecule has 15 heavy (non-hydrogen) atoms. The van der Waals surface area contributed by atoms with E-state index in [-0.39, 0.29) is 0 Å². The van der Waals surface area contributed by atoms with E-state index < -0.39 is 0 Å². The van der Waals surface area contributed by atoms with Crippen molar-refractivity contribution < 1.29 is 0 Å². The van der Waals surface area contributed by atoms with Crippen LogP contribution in [0.1, 0.15) is 18.5 Å². The van der Waals surface area contributed by atoms with Crippen molar-refractivity contribution in [3.8, 4) is 0 Å². The Morgan fingerprint density at radius 2 is 2.47 bits per heavy atom. The molecule has 0 amide bonds. The number of likely N-dealkylation sites (N-methyl/N-ethyl adjacent to an activating group) is 1. The maximum absolute atomic E-state index is 4.21. The van der Waals surface area contributed by atoms with Gasteiger partial charge in [0, 0.05) is 37.2 Å². The summed E-state index contributed by atoms with van der Waals surface area (Å²) in [5.74, 6) is 0. The van der Waals surface area contributed by atoms with Crippen molar-refractivity contribution in [2.45, 2.75) is 25.8 Å². The van der Waals surface area contributed by atoms with E-state index in [1.807, 2.05) is 13.1 Å². The number of aryl methyl sites for hydroxylation is 1. The molecule has 1 aliphatic rings. The van der Waals surface area contributed by atoms with Gasteiger partial charge in [-0.2, -0.15) is 0 Å². The maximum Gasteiger partial charge on any atom is 0.0397 e. The van der Waals surface area contributed by atoms with E-state index in [2.05, 4.69) is 34.4 Å². The topological polar surface area (TPSA) is 28.2 Å². The first-order chi connectivity index (χ1) is 7.25. The second kappa shape index (κ2) is 4.62. The zero-order valence-corrected chi connectivity index (χ0v) is 9.53. The van der Waals surface area contributed by atoms with E-state index in [1.165, 1.54) is 25.1 Å². The fraction of sp³-hybridized carbons (Fsp3) is 0.583. The van der Waals surface area contributed by atoms with Crippen LogP contribution >= 0.6 is 0 Å². The van der Waals surface area contributed by atoms with Gasteiger partial charge in [0.1, 0.15) is 0 Å². The van der Waals surface area contributed by atoms with Crippen molar-refractivity contribution in [3.05, 3.63) is 24.0 Å². The highest BCUT2D eigenvalue weighted by molar-refractivity contribution is 5.45. The lowest BCUT2D eigenvalue weighted by molar-refractivity contribution is 0.599. The summed E-state index contributed by atoms with van der Waals surface area (Å²) in [5, 5.41) is 3.51. The summed E-state index contributed by atoms with van der Waals surface area (Å²) in [4.78, 5) is 6.51. The summed E-state index contributed by atoms with van der Waals surface area (Å²) in [7, 11) is 2.15. The van der Waals surface area contributed by atoms with Gasteiger partial charge in [-0.1, -0.05) is 0 Å². The fourth-order valence-corrected chi connectivity index (χ4v) is 2.12. The smallest absolute Gasteiger partial charge is 0.0397 e. The van der Waals surface area contributed by atoms with Crippen molar-refractivity contribution in [3.63, 3.8) is 0 Å². The van der Waals surface area contributed by atoms with Crippen LogP contribution in [0.15, 0.2) is 18.3 Å². The first kappa shape index (κ1) is 10.4. The molecule has 1 aromatic rings. The minimum absolute atomic E-state index is 0.656. The molecule has 0 aliphatic carbocycles.